The van der Waals surface area contributed by atoms with Gasteiger partial charge in [0.05, 0.1) is 12.8 Å². The Bertz CT molecular complexity index is 694. The zero-order valence-corrected chi connectivity index (χ0v) is 10.9. The summed E-state index contributed by atoms with van der Waals surface area (Å²) in [4.78, 5) is 8.61. The second-order valence-electron chi connectivity index (χ2n) is 4.52. The van der Waals surface area contributed by atoms with E-state index in [-0.39, 0.29) is 0 Å². The second kappa shape index (κ2) is 5.52. The van der Waals surface area contributed by atoms with Crippen LogP contribution in [-0.2, 0) is 12.8 Å². The molecule has 0 aliphatic rings. The molecule has 0 aliphatic carbocycles. The van der Waals surface area contributed by atoms with Crippen molar-refractivity contribution < 1.29 is 4.52 Å². The van der Waals surface area contributed by atoms with E-state index in [1.165, 1.54) is 0 Å². The topological polar surface area (TPSA) is 77.8 Å². The molecule has 100 valence electrons. The predicted molar refractivity (Wildman–Crippen MR) is 75.0 cm³/mol. The standard InChI is InChI=1S/C15H14N4O/c16-12-5-3-4-11(8-12)9-15-18-14(19-20-15)10-13-6-1-2-7-17-13/h1-8H,9-10,16H2. The number of rotatable bonds is 4. The molecule has 0 unspecified atom stereocenters. The Labute approximate surface area is 116 Å². The van der Waals surface area contributed by atoms with E-state index in [1.807, 2.05) is 42.5 Å². The van der Waals surface area contributed by atoms with Crippen molar-refractivity contribution in [3.05, 3.63) is 71.6 Å². The van der Waals surface area contributed by atoms with Gasteiger partial charge in [-0.25, -0.2) is 0 Å². The summed E-state index contributed by atoms with van der Waals surface area (Å²) < 4.78 is 5.25. The number of nitrogens with two attached hydrogens (primary N) is 1. The molecule has 0 saturated heterocycles. The smallest absolute Gasteiger partial charge is 0.231 e. The zero-order valence-electron chi connectivity index (χ0n) is 10.9. The van der Waals surface area contributed by atoms with E-state index < -0.39 is 0 Å². The van der Waals surface area contributed by atoms with Crippen molar-refractivity contribution in [1.82, 2.24) is 15.1 Å². The molecule has 2 N–H and O–H groups in total. The molecule has 5 heteroatoms. The molecule has 0 atom stereocenters. The van der Waals surface area contributed by atoms with Crippen LogP contribution in [0.25, 0.3) is 0 Å². The van der Waals surface area contributed by atoms with Crippen LogP contribution in [0.15, 0.2) is 53.2 Å². The van der Waals surface area contributed by atoms with Crippen LogP contribution < -0.4 is 5.73 Å². The van der Waals surface area contributed by atoms with Gasteiger partial charge in [-0.15, -0.1) is 0 Å². The van der Waals surface area contributed by atoms with Crippen molar-refractivity contribution in [3.8, 4) is 0 Å². The maximum absolute atomic E-state index is 5.74. The fraction of sp³-hybridized carbons (Fsp3) is 0.133. The van der Waals surface area contributed by atoms with E-state index in [9.17, 15) is 0 Å². The zero-order chi connectivity index (χ0) is 13.8. The molecule has 3 rings (SSSR count). The fourth-order valence-electron chi connectivity index (χ4n) is 1.98. The highest BCUT2D eigenvalue weighted by molar-refractivity contribution is 5.41. The van der Waals surface area contributed by atoms with E-state index in [0.717, 1.165) is 16.9 Å². The molecule has 2 heterocycles. The van der Waals surface area contributed by atoms with Crippen LogP contribution in [0.3, 0.4) is 0 Å². The molecule has 0 amide bonds. The summed E-state index contributed by atoms with van der Waals surface area (Å²) in [5.41, 5.74) is 8.45. The third kappa shape index (κ3) is 3.00. The average Bonchev–Trinajstić information content (AvgIpc) is 2.87. The van der Waals surface area contributed by atoms with Gasteiger partial charge in [-0.05, 0) is 29.8 Å². The van der Waals surface area contributed by atoms with Gasteiger partial charge in [0.25, 0.3) is 0 Å². The molecular formula is C15H14N4O. The maximum Gasteiger partial charge on any atom is 0.231 e. The lowest BCUT2D eigenvalue weighted by molar-refractivity contribution is 0.380. The minimum Gasteiger partial charge on any atom is -0.399 e. The largest absolute Gasteiger partial charge is 0.399 e. The molecule has 0 fully saturated rings. The van der Waals surface area contributed by atoms with Gasteiger partial charge in [-0.3, -0.25) is 4.98 Å². The minimum absolute atomic E-state index is 0.571. The van der Waals surface area contributed by atoms with Gasteiger partial charge in [0.15, 0.2) is 5.82 Å². The number of aromatic nitrogens is 3. The van der Waals surface area contributed by atoms with Crippen LogP contribution in [0.5, 0.6) is 0 Å². The summed E-state index contributed by atoms with van der Waals surface area (Å²) in [6.45, 7) is 0. The van der Waals surface area contributed by atoms with Crippen LogP contribution in [-0.4, -0.2) is 15.1 Å². The number of hydrogen-bond acceptors (Lipinski definition) is 5. The molecule has 0 radical (unpaired) electrons. The molecule has 20 heavy (non-hydrogen) atoms. The molecule has 0 aliphatic heterocycles. The first kappa shape index (κ1) is 12.3. The number of benzene rings is 1. The summed E-state index contributed by atoms with van der Waals surface area (Å²) in [6, 6.07) is 13.4. The molecule has 2 aromatic heterocycles. The van der Waals surface area contributed by atoms with E-state index in [4.69, 9.17) is 10.3 Å². The van der Waals surface area contributed by atoms with Gasteiger partial charge in [-0.1, -0.05) is 23.4 Å². The normalized spacial score (nSPS) is 10.6. The van der Waals surface area contributed by atoms with Crippen molar-refractivity contribution in [2.45, 2.75) is 12.8 Å². The molecule has 0 spiro atoms. The van der Waals surface area contributed by atoms with Crippen molar-refractivity contribution in [2.24, 2.45) is 0 Å². The van der Waals surface area contributed by atoms with Crippen molar-refractivity contribution in [1.29, 1.82) is 0 Å². The van der Waals surface area contributed by atoms with Gasteiger partial charge < -0.3 is 10.3 Å². The highest BCUT2D eigenvalue weighted by Crippen LogP contribution is 2.12. The predicted octanol–water partition coefficient (Wildman–Crippen LogP) is 2.23. The third-order valence-electron chi connectivity index (χ3n) is 2.88. The Morgan fingerprint density at radius 2 is 2.00 bits per heavy atom. The highest BCUT2D eigenvalue weighted by atomic mass is 16.5. The Kier molecular flexibility index (Phi) is 3.41. The van der Waals surface area contributed by atoms with Crippen molar-refractivity contribution in [2.75, 3.05) is 5.73 Å². The van der Waals surface area contributed by atoms with E-state index >= 15 is 0 Å². The number of nitrogens with zero attached hydrogens (tertiary/aromatic N) is 3. The molecule has 0 saturated carbocycles. The first-order chi connectivity index (χ1) is 9.79. The van der Waals surface area contributed by atoms with Gasteiger partial charge in [0.1, 0.15) is 0 Å². The van der Waals surface area contributed by atoms with Gasteiger partial charge in [0.2, 0.25) is 5.89 Å². The third-order valence-corrected chi connectivity index (χ3v) is 2.88. The summed E-state index contributed by atoms with van der Waals surface area (Å²) >= 11 is 0. The van der Waals surface area contributed by atoms with E-state index in [2.05, 4.69) is 15.1 Å². The summed E-state index contributed by atoms with van der Waals surface area (Å²) in [5.74, 6) is 1.23. The fourth-order valence-corrected chi connectivity index (χ4v) is 1.98. The number of anilines is 1. The quantitative estimate of drug-likeness (QED) is 0.733. The SMILES string of the molecule is Nc1cccc(Cc2nc(Cc3ccccn3)no2)c1. The van der Waals surface area contributed by atoms with Crippen LogP contribution >= 0.6 is 0 Å². The highest BCUT2D eigenvalue weighted by Gasteiger charge is 2.08. The summed E-state index contributed by atoms with van der Waals surface area (Å²) in [7, 11) is 0. The molecule has 0 bridgehead atoms. The van der Waals surface area contributed by atoms with Crippen LogP contribution in [0.1, 0.15) is 23.0 Å². The van der Waals surface area contributed by atoms with Gasteiger partial charge in [0, 0.05) is 17.6 Å². The van der Waals surface area contributed by atoms with Gasteiger partial charge >= 0.3 is 0 Å². The summed E-state index contributed by atoms with van der Waals surface area (Å²) in [5, 5.41) is 3.97. The Morgan fingerprint density at radius 1 is 1.05 bits per heavy atom. The molecule has 5 nitrogen and oxygen atoms in total. The van der Waals surface area contributed by atoms with E-state index in [1.54, 1.807) is 6.20 Å². The molecule has 3 aromatic rings. The van der Waals surface area contributed by atoms with Crippen molar-refractivity contribution in [3.63, 3.8) is 0 Å². The van der Waals surface area contributed by atoms with Crippen LogP contribution in [0.4, 0.5) is 5.69 Å². The second-order valence-corrected chi connectivity index (χ2v) is 4.52. The lowest BCUT2D eigenvalue weighted by Crippen LogP contribution is -1.94. The monoisotopic (exact) mass is 266 g/mol. The Balaban J connectivity index is 1.71. The summed E-state index contributed by atoms with van der Waals surface area (Å²) in [6.07, 6.45) is 2.91. The van der Waals surface area contributed by atoms with E-state index in [0.29, 0.717) is 24.6 Å². The van der Waals surface area contributed by atoms with Crippen LogP contribution in [0, 0.1) is 0 Å². The minimum atomic E-state index is 0.571. The first-order valence-corrected chi connectivity index (χ1v) is 6.35. The number of nitrogen functional groups attached to an aromatic ring is 1. The first-order valence-electron chi connectivity index (χ1n) is 6.35. The lowest BCUT2D eigenvalue weighted by Gasteiger charge is -1.97. The molecule has 1 aromatic carbocycles. The maximum atomic E-state index is 5.74. The lowest BCUT2D eigenvalue weighted by atomic mass is 10.1. The number of pyridine rings is 1. The number of hydrogen-bond donors (Lipinski definition) is 1. The molecular weight excluding hydrogens is 252 g/mol. The average molecular weight is 266 g/mol. The Hall–Kier alpha value is -2.69. The van der Waals surface area contributed by atoms with Crippen LogP contribution in [0.2, 0.25) is 0 Å². The van der Waals surface area contributed by atoms with Gasteiger partial charge in [-0.2, -0.15) is 4.98 Å². The Morgan fingerprint density at radius 3 is 2.80 bits per heavy atom. The van der Waals surface area contributed by atoms with Crippen molar-refractivity contribution >= 4 is 5.69 Å².